The lowest BCUT2D eigenvalue weighted by molar-refractivity contribution is -0.391. The van der Waals surface area contributed by atoms with Gasteiger partial charge in [0.25, 0.3) is 23.4 Å². The van der Waals surface area contributed by atoms with Crippen LogP contribution in [0.1, 0.15) is 85.2 Å². The predicted molar refractivity (Wildman–Crippen MR) is 471 cm³/mol. The molecule has 0 radical (unpaired) electrons. The number of fused-ring (bicyclic) bond motifs is 2. The highest BCUT2D eigenvalue weighted by molar-refractivity contribution is 6.00. The number of rotatable bonds is 40. The van der Waals surface area contributed by atoms with E-state index >= 15 is 9.59 Å². The summed E-state index contributed by atoms with van der Waals surface area (Å²) in [4.78, 5) is 81.9. The van der Waals surface area contributed by atoms with Crippen LogP contribution in [-0.4, -0.2) is 468 Å². The lowest BCUT2D eigenvalue weighted by Gasteiger charge is -2.51. The molecular formula is C92H126N4O46. The molecule has 0 spiro atoms. The molecule has 0 aliphatic carbocycles. The number of aliphatic hydroxyl groups excluding tert-OH is 22. The summed E-state index contributed by atoms with van der Waals surface area (Å²) in [6, 6.07) is 23.5. The molecule has 5 aromatic carbocycles. The molecule has 790 valence electrons. The fraction of sp³-hybridized carbons (Fsp3) is 0.652. The molecule has 8 aliphatic rings. The average molecular weight is 2020 g/mol. The van der Waals surface area contributed by atoms with Crippen LogP contribution in [0.3, 0.4) is 0 Å². The quantitative estimate of drug-likeness (QED) is 0.0162. The summed E-state index contributed by atoms with van der Waals surface area (Å²) in [6.07, 6.45) is -74.6. The topological polar surface area (TPSA) is 784 Å². The number of hydrogen-bond acceptors (Lipinski definition) is 44. The largest absolute Gasteiger partial charge is 0.477 e. The SMILES string of the molecule is CC(=O)N[C@H]1[C@H]([C@H](O)[C@H](O)CO)O[C@@](O[C@H]2[C@@H](O)[C@@H](CO)O[C@@H](O[C@H]3[C@H](O[C@@H]4O[C@@H](C)[C@@H](O)[C@@H](O)[C@@H]4O)[C@@H](NC(=O)c4ccc5ccccc5c4)[C@H](OCCCc4cccc(CCCO[C@@H]5O[C@H](CO)[C@@H](O[C@@H]6O[C@H](CO)[C@H](O)[C@H](O[C@]7(C(=O)O)C[C@H](O)[C@@H](NC(C)=O)[C@H]([C@H](O)[C@H](O)CO)O7)[C@H]6O)[C@H](O[C@@H]6O[C@@H](C)[C@@H](O)[C@@H](O)[C@@H]6O)[C@H]5NC(=O)c5ccc6ccccc6c5)c4)O[C@@H]3CO)[C@@H]2O)(C(=O)O)C[C@@H]1O. The van der Waals surface area contributed by atoms with Crippen LogP contribution in [0.4, 0.5) is 0 Å². The highest BCUT2D eigenvalue weighted by Gasteiger charge is 2.65. The molecule has 0 saturated carbocycles. The van der Waals surface area contributed by atoms with Crippen LogP contribution >= 0.6 is 0 Å². The zero-order valence-corrected chi connectivity index (χ0v) is 77.1. The van der Waals surface area contributed by atoms with Gasteiger partial charge in [-0.05, 0) is 96.5 Å². The number of aryl methyl sites for hydroxylation is 2. The predicted octanol–water partition coefficient (Wildman–Crippen LogP) is -9.93. The smallest absolute Gasteiger partial charge is 0.364 e. The minimum Gasteiger partial charge on any atom is -0.477 e. The van der Waals surface area contributed by atoms with Crippen molar-refractivity contribution in [1.29, 1.82) is 0 Å². The van der Waals surface area contributed by atoms with Gasteiger partial charge in [-0.3, -0.25) is 19.2 Å². The van der Waals surface area contributed by atoms with Crippen molar-refractivity contribution in [2.75, 3.05) is 52.9 Å². The van der Waals surface area contributed by atoms with Gasteiger partial charge in [0.05, 0.1) is 89.4 Å². The number of carboxylic acids is 2. The first-order valence-corrected chi connectivity index (χ1v) is 46.3. The van der Waals surface area contributed by atoms with Crippen molar-refractivity contribution in [1.82, 2.24) is 21.3 Å². The maximum Gasteiger partial charge on any atom is 0.364 e. The second-order valence-electron chi connectivity index (χ2n) is 36.4. The zero-order chi connectivity index (χ0) is 103. The summed E-state index contributed by atoms with van der Waals surface area (Å²) < 4.78 is 99.4. The first-order valence-electron chi connectivity index (χ1n) is 46.3. The monoisotopic (exact) mass is 2020 g/mol. The number of aliphatic carboxylic acids is 2. The first kappa shape index (κ1) is 111. The van der Waals surface area contributed by atoms with E-state index in [1.165, 1.54) is 38.1 Å². The molecule has 8 aliphatic heterocycles. The third-order valence-corrected chi connectivity index (χ3v) is 26.5. The number of carboxylic acid groups (broad SMARTS) is 2. The van der Waals surface area contributed by atoms with Gasteiger partial charge in [-0.25, -0.2) is 9.59 Å². The lowest BCUT2D eigenvalue weighted by atomic mass is 9.88. The Bertz CT molecular complexity index is 4710. The number of aliphatic hydroxyl groups is 22. The van der Waals surface area contributed by atoms with Gasteiger partial charge in [-0.15, -0.1) is 0 Å². The summed E-state index contributed by atoms with van der Waals surface area (Å²) in [5, 5.41) is 282. The summed E-state index contributed by atoms with van der Waals surface area (Å²) in [5.41, 5.74) is 1.42. The number of ether oxygens (including phenoxy) is 16. The van der Waals surface area contributed by atoms with Crippen molar-refractivity contribution >= 4 is 57.1 Å². The van der Waals surface area contributed by atoms with Crippen molar-refractivity contribution < 1.29 is 227 Å². The molecule has 0 bridgehead atoms. The van der Waals surface area contributed by atoms with Crippen molar-refractivity contribution in [2.24, 2.45) is 0 Å². The molecule has 4 amide bonds. The fourth-order valence-electron chi connectivity index (χ4n) is 18.8. The van der Waals surface area contributed by atoms with Gasteiger partial charge in [0.2, 0.25) is 11.8 Å². The minimum absolute atomic E-state index is 0.0199. The molecule has 50 nitrogen and oxygen atoms in total. The van der Waals surface area contributed by atoms with Crippen LogP contribution in [0.5, 0.6) is 0 Å². The number of nitrogens with one attached hydrogen (secondary N) is 4. The summed E-state index contributed by atoms with van der Waals surface area (Å²) in [7, 11) is 0. The molecule has 28 N–H and O–H groups in total. The molecular weight excluding hydrogens is 1900 g/mol. The van der Waals surface area contributed by atoms with Crippen LogP contribution in [0, 0.1) is 0 Å². The Balaban J connectivity index is 0.759. The van der Waals surface area contributed by atoms with Gasteiger partial charge in [-0.2, -0.15) is 0 Å². The van der Waals surface area contributed by atoms with Gasteiger partial charge in [0.15, 0.2) is 37.7 Å². The molecule has 0 aromatic heterocycles. The highest BCUT2D eigenvalue weighted by atomic mass is 16.8. The highest BCUT2D eigenvalue weighted by Crippen LogP contribution is 2.44. The first-order chi connectivity index (χ1) is 67.6. The van der Waals surface area contributed by atoms with Crippen LogP contribution in [0.15, 0.2) is 109 Å². The number of amides is 4. The third kappa shape index (κ3) is 24.8. The van der Waals surface area contributed by atoms with E-state index in [9.17, 15) is 142 Å². The van der Waals surface area contributed by atoms with Crippen LogP contribution in [0.2, 0.25) is 0 Å². The molecule has 8 fully saturated rings. The van der Waals surface area contributed by atoms with E-state index in [0.717, 1.165) is 13.8 Å². The van der Waals surface area contributed by atoms with Gasteiger partial charge in [-0.1, -0.05) is 84.9 Å². The summed E-state index contributed by atoms with van der Waals surface area (Å²) in [6.45, 7) is -2.74. The van der Waals surface area contributed by atoms with E-state index in [1.54, 1.807) is 78.9 Å². The Kier molecular flexibility index (Phi) is 38.1. The van der Waals surface area contributed by atoms with Crippen molar-refractivity contribution in [3.63, 3.8) is 0 Å². The summed E-state index contributed by atoms with van der Waals surface area (Å²) in [5.74, 6) is -14.1. The van der Waals surface area contributed by atoms with Crippen LogP contribution in [-0.2, 0) is 108 Å². The van der Waals surface area contributed by atoms with Crippen molar-refractivity contribution in [2.45, 2.75) is 323 Å². The number of carbonyl (C=O) groups is 6. The number of benzene rings is 5. The molecule has 42 atom stereocenters. The maximum absolute atomic E-state index is 15.0. The average Bonchev–Trinajstić information content (AvgIpc) is 0.758. The molecule has 5 aromatic rings. The molecule has 50 heteroatoms. The molecule has 13 rings (SSSR count). The second kappa shape index (κ2) is 48.7. The van der Waals surface area contributed by atoms with Gasteiger partial charge < -0.3 is 220 Å². The number of hydrogen-bond donors (Lipinski definition) is 28. The third-order valence-electron chi connectivity index (χ3n) is 26.5. The Morgan fingerprint density at radius 2 is 0.718 bits per heavy atom. The van der Waals surface area contributed by atoms with Crippen molar-refractivity contribution in [3.8, 4) is 0 Å². The van der Waals surface area contributed by atoms with Crippen molar-refractivity contribution in [3.05, 3.63) is 131 Å². The Labute approximate surface area is 809 Å². The normalized spacial score (nSPS) is 38.7. The standard InChI is InChI=1S/C92H126N4O46/c1-37-61(109)67(115)69(117)85(129-37)137-77-59(95-81(121)47-22-20-43-16-5-7-18-45(43)27-47)83(133-55(35-101)73(77)135-87-71(119)79(65(113)53(33-99)131-87)141-91(89(123)124)29-49(105)57(93-39(3)103)75(139-91)63(111)51(107)31-97)127-24-10-14-41-12-9-13-42(26-41)15-11-25-128-84-60(96-82(122)48-23-21-44-17-6-8-19-46(44)28-48)78(138-86-70(118)68(116)62(110)38(2)130-86)74(56(36-102)134-84)136-88-72(120)80(66(114)54(34-100)132-88)142-92(90(125)126)30-50(106)58(94-40(4)104)76(140-92)64(112)52(108)32-98/h5-9,12-13,16-23,26-28,37-38,49-80,83-88,97-102,105-120H,10-11,14-15,24-25,29-36H2,1-4H3,(H,93,103)(H,94,104)(H,95,121)(H,96,122)(H,123,124)(H,125,126)/t37-,38-,49-,50-,51+,52+,53+,54+,55+,56+,57+,58+,59+,60+,61+,62+,63+,64+,65-,66-,67+,68+,69-,70-,71+,72+,73+,74+,75+,76+,77+,78+,79-,80-,83+,84+,85-,86-,87-,88-,91-,92-/m0/s1. The van der Waals surface area contributed by atoms with Gasteiger partial charge in [0.1, 0.15) is 171 Å². The van der Waals surface area contributed by atoms with E-state index in [-0.39, 0.29) is 50.0 Å². The maximum atomic E-state index is 15.0. The van der Waals surface area contributed by atoms with Crippen LogP contribution in [0.25, 0.3) is 21.5 Å². The Morgan fingerprint density at radius 1 is 0.373 bits per heavy atom. The van der Waals surface area contributed by atoms with E-state index in [0.29, 0.717) is 32.7 Å². The van der Waals surface area contributed by atoms with Gasteiger partial charge >= 0.3 is 11.9 Å². The lowest BCUT2D eigenvalue weighted by Crippen LogP contribution is -2.71. The molecule has 8 heterocycles. The van der Waals surface area contributed by atoms with Crippen LogP contribution < -0.4 is 21.3 Å². The number of carbonyl (C=O) groups excluding carboxylic acids is 4. The summed E-state index contributed by atoms with van der Waals surface area (Å²) >= 11 is 0. The molecule has 8 saturated heterocycles. The van der Waals surface area contributed by atoms with E-state index in [4.69, 9.17) is 75.8 Å². The van der Waals surface area contributed by atoms with E-state index in [2.05, 4.69) is 21.3 Å². The van der Waals surface area contributed by atoms with Gasteiger partial charge in [0, 0.05) is 37.8 Å². The molecule has 142 heavy (non-hydrogen) atoms. The minimum atomic E-state index is -3.26. The zero-order valence-electron chi connectivity index (χ0n) is 77.1. The van der Waals surface area contributed by atoms with E-state index < -0.39 is 345 Å². The second-order valence-corrected chi connectivity index (χ2v) is 36.4. The Hall–Kier alpha value is -8.08. The fourth-order valence-corrected chi connectivity index (χ4v) is 18.8. The molecule has 0 unspecified atom stereocenters. The Morgan fingerprint density at radius 3 is 1.06 bits per heavy atom. The van der Waals surface area contributed by atoms with E-state index in [1.807, 2.05) is 6.07 Å².